The number of aromatic carboxylic acids is 1. The van der Waals surface area contributed by atoms with Crippen molar-refractivity contribution in [2.75, 3.05) is 45.5 Å². The summed E-state index contributed by atoms with van der Waals surface area (Å²) in [6, 6.07) is 17.5. The molecule has 0 bridgehead atoms. The van der Waals surface area contributed by atoms with Crippen molar-refractivity contribution in [3.8, 4) is 0 Å². The molecule has 3 rings (SSSR count). The Morgan fingerprint density at radius 3 is 2.75 bits per heavy atom. The number of rotatable bonds is 9. The van der Waals surface area contributed by atoms with E-state index in [2.05, 4.69) is 21.9 Å². The second kappa shape index (κ2) is 9.68. The summed E-state index contributed by atoms with van der Waals surface area (Å²) >= 11 is 0. The minimum atomic E-state index is -0.913. The number of hydrogen-bond donors (Lipinski definition) is 1. The van der Waals surface area contributed by atoms with Crippen LogP contribution in [-0.2, 0) is 9.47 Å². The summed E-state index contributed by atoms with van der Waals surface area (Å²) in [7, 11) is 3.66. The van der Waals surface area contributed by atoms with Crippen molar-refractivity contribution >= 4 is 11.7 Å². The molecule has 0 unspecified atom stereocenters. The third-order valence-corrected chi connectivity index (χ3v) is 5.23. The molecule has 28 heavy (non-hydrogen) atoms. The van der Waals surface area contributed by atoms with Gasteiger partial charge < -0.3 is 19.5 Å². The van der Waals surface area contributed by atoms with E-state index < -0.39 is 5.97 Å². The Kier molecular flexibility index (Phi) is 7.03. The zero-order valence-electron chi connectivity index (χ0n) is 16.5. The van der Waals surface area contributed by atoms with Crippen molar-refractivity contribution in [3.63, 3.8) is 0 Å². The van der Waals surface area contributed by atoms with E-state index in [4.69, 9.17) is 9.47 Å². The van der Waals surface area contributed by atoms with Gasteiger partial charge in [-0.3, -0.25) is 4.90 Å². The van der Waals surface area contributed by atoms with Crippen molar-refractivity contribution in [2.24, 2.45) is 0 Å². The monoisotopic (exact) mass is 384 g/mol. The van der Waals surface area contributed by atoms with Gasteiger partial charge in [0.2, 0.25) is 0 Å². The first-order chi connectivity index (χ1) is 13.6. The standard InChI is InChI=1S/C22H28N2O4/c1-23(19-10-6-9-18(13-19)22(25)26)21(17-7-4-3-5-8-17)15-24-12-11-20(14-24)28-16-27-2/h3-10,13,20-21H,11-12,14-16H2,1-2H3,(H,25,26)/t20-,21+/m0/s1. The molecular formula is C22H28N2O4. The number of benzene rings is 2. The summed E-state index contributed by atoms with van der Waals surface area (Å²) < 4.78 is 10.7. The number of nitrogens with zero attached hydrogens (tertiary/aromatic N) is 2. The molecule has 1 saturated heterocycles. The fraction of sp³-hybridized carbons (Fsp3) is 0.409. The van der Waals surface area contributed by atoms with E-state index in [-0.39, 0.29) is 12.1 Å². The average molecular weight is 384 g/mol. The lowest BCUT2D eigenvalue weighted by molar-refractivity contribution is -0.0671. The van der Waals surface area contributed by atoms with Crippen molar-refractivity contribution in [1.29, 1.82) is 0 Å². The smallest absolute Gasteiger partial charge is 0.335 e. The van der Waals surface area contributed by atoms with Crippen LogP contribution in [0.4, 0.5) is 5.69 Å². The van der Waals surface area contributed by atoms with Gasteiger partial charge in [-0.05, 0) is 30.2 Å². The summed E-state index contributed by atoms with van der Waals surface area (Å²) in [5.41, 5.74) is 2.39. The van der Waals surface area contributed by atoms with Gasteiger partial charge in [-0.15, -0.1) is 0 Å². The van der Waals surface area contributed by atoms with Crippen molar-refractivity contribution < 1.29 is 19.4 Å². The van der Waals surface area contributed by atoms with Gasteiger partial charge in [-0.2, -0.15) is 0 Å². The van der Waals surface area contributed by atoms with Crippen LogP contribution >= 0.6 is 0 Å². The SMILES string of the molecule is COCO[C@H]1CCN(C[C@H](c2ccccc2)N(C)c2cccc(C(=O)O)c2)C1. The van der Waals surface area contributed by atoms with Gasteiger partial charge in [0, 0.05) is 39.5 Å². The first-order valence-electron chi connectivity index (χ1n) is 9.52. The quantitative estimate of drug-likeness (QED) is 0.670. The van der Waals surface area contributed by atoms with Gasteiger partial charge >= 0.3 is 5.97 Å². The highest BCUT2D eigenvalue weighted by molar-refractivity contribution is 5.88. The molecular weight excluding hydrogens is 356 g/mol. The number of carboxylic acid groups (broad SMARTS) is 1. The maximum Gasteiger partial charge on any atom is 0.335 e. The first-order valence-corrected chi connectivity index (χ1v) is 9.52. The number of methoxy groups -OCH3 is 1. The third-order valence-electron chi connectivity index (χ3n) is 5.23. The molecule has 0 amide bonds. The maximum absolute atomic E-state index is 11.4. The second-order valence-corrected chi connectivity index (χ2v) is 7.14. The fourth-order valence-electron chi connectivity index (χ4n) is 3.67. The Bertz CT molecular complexity index is 768. The van der Waals surface area contributed by atoms with Gasteiger partial charge in [0.25, 0.3) is 0 Å². The van der Waals surface area contributed by atoms with Crippen molar-refractivity contribution in [3.05, 3.63) is 65.7 Å². The van der Waals surface area contributed by atoms with Crippen LogP contribution in [0.1, 0.15) is 28.4 Å². The van der Waals surface area contributed by atoms with E-state index >= 15 is 0 Å². The average Bonchev–Trinajstić information content (AvgIpc) is 3.18. The van der Waals surface area contributed by atoms with Crippen LogP contribution < -0.4 is 4.90 Å². The molecule has 0 saturated carbocycles. The lowest BCUT2D eigenvalue weighted by Crippen LogP contribution is -2.36. The molecule has 2 aromatic carbocycles. The minimum Gasteiger partial charge on any atom is -0.478 e. The molecule has 1 N–H and O–H groups in total. The van der Waals surface area contributed by atoms with Gasteiger partial charge in [0.05, 0.1) is 17.7 Å². The highest BCUT2D eigenvalue weighted by atomic mass is 16.7. The molecule has 6 nitrogen and oxygen atoms in total. The first kappa shape index (κ1) is 20.3. The Morgan fingerprint density at radius 1 is 1.25 bits per heavy atom. The molecule has 1 fully saturated rings. The Morgan fingerprint density at radius 2 is 2.04 bits per heavy atom. The van der Waals surface area contributed by atoms with E-state index in [9.17, 15) is 9.90 Å². The Balaban J connectivity index is 1.78. The van der Waals surface area contributed by atoms with E-state index in [0.717, 1.165) is 31.7 Å². The fourth-order valence-corrected chi connectivity index (χ4v) is 3.67. The maximum atomic E-state index is 11.4. The Labute approximate surface area is 166 Å². The molecule has 2 atom stereocenters. The predicted octanol–water partition coefficient (Wildman–Crippen LogP) is 3.26. The highest BCUT2D eigenvalue weighted by Gasteiger charge is 2.28. The number of anilines is 1. The molecule has 6 heteroatoms. The molecule has 0 radical (unpaired) electrons. The summed E-state index contributed by atoms with van der Waals surface area (Å²) in [5.74, 6) is -0.913. The number of likely N-dealkylation sites (tertiary alicyclic amines) is 1. The van der Waals surface area contributed by atoms with Crippen molar-refractivity contribution in [1.82, 2.24) is 4.90 Å². The topological polar surface area (TPSA) is 62.2 Å². The van der Waals surface area contributed by atoms with E-state index in [1.165, 1.54) is 5.56 Å². The Hall–Kier alpha value is -2.41. The van der Waals surface area contributed by atoms with Crippen LogP contribution in [0.15, 0.2) is 54.6 Å². The zero-order chi connectivity index (χ0) is 19.9. The van der Waals surface area contributed by atoms with Gasteiger partial charge in [-0.1, -0.05) is 36.4 Å². The molecule has 1 aliphatic heterocycles. The van der Waals surface area contributed by atoms with E-state index in [0.29, 0.717) is 12.4 Å². The van der Waals surface area contributed by atoms with Crippen LogP contribution in [-0.4, -0.2) is 62.7 Å². The van der Waals surface area contributed by atoms with Gasteiger partial charge in [-0.25, -0.2) is 4.79 Å². The molecule has 2 aromatic rings. The molecule has 1 heterocycles. The van der Waals surface area contributed by atoms with Gasteiger partial charge in [0.15, 0.2) is 0 Å². The van der Waals surface area contributed by atoms with Crippen LogP contribution in [0.2, 0.25) is 0 Å². The summed E-state index contributed by atoms with van der Waals surface area (Å²) in [6.45, 7) is 3.00. The summed E-state index contributed by atoms with van der Waals surface area (Å²) in [6.07, 6.45) is 1.18. The molecule has 0 aromatic heterocycles. The summed E-state index contributed by atoms with van der Waals surface area (Å²) in [5, 5.41) is 9.33. The van der Waals surface area contributed by atoms with Crippen LogP contribution in [0.3, 0.4) is 0 Å². The van der Waals surface area contributed by atoms with E-state index in [1.807, 2.05) is 31.3 Å². The number of carboxylic acids is 1. The molecule has 0 spiro atoms. The predicted molar refractivity (Wildman–Crippen MR) is 109 cm³/mol. The van der Waals surface area contributed by atoms with Crippen LogP contribution in [0.5, 0.6) is 0 Å². The van der Waals surface area contributed by atoms with Crippen molar-refractivity contribution in [2.45, 2.75) is 18.6 Å². The minimum absolute atomic E-state index is 0.103. The molecule has 0 aliphatic carbocycles. The lowest BCUT2D eigenvalue weighted by Gasteiger charge is -2.34. The third kappa shape index (κ3) is 5.10. The zero-order valence-corrected chi connectivity index (χ0v) is 16.5. The van der Waals surface area contributed by atoms with Crippen LogP contribution in [0, 0.1) is 0 Å². The number of likely N-dealkylation sites (N-methyl/N-ethyl adjacent to an activating group) is 1. The largest absolute Gasteiger partial charge is 0.478 e. The second-order valence-electron chi connectivity index (χ2n) is 7.14. The highest BCUT2D eigenvalue weighted by Crippen LogP contribution is 2.28. The lowest BCUT2D eigenvalue weighted by atomic mass is 10.0. The molecule has 1 aliphatic rings. The number of hydrogen-bond acceptors (Lipinski definition) is 5. The van der Waals surface area contributed by atoms with E-state index in [1.54, 1.807) is 25.3 Å². The van der Waals surface area contributed by atoms with Gasteiger partial charge in [0.1, 0.15) is 6.79 Å². The number of ether oxygens (including phenoxy) is 2. The number of carbonyl (C=O) groups is 1. The normalized spacial score (nSPS) is 18.1. The molecule has 150 valence electrons. The summed E-state index contributed by atoms with van der Waals surface area (Å²) in [4.78, 5) is 15.9. The van der Waals surface area contributed by atoms with Crippen LogP contribution in [0.25, 0.3) is 0 Å².